The highest BCUT2D eigenvalue weighted by Gasteiger charge is 2.21. The third kappa shape index (κ3) is 6.46. The van der Waals surface area contributed by atoms with E-state index in [0.717, 1.165) is 22.3 Å². The quantitative estimate of drug-likeness (QED) is 0.349. The fraction of sp³-hybridized carbons (Fsp3) is 0.471. The average molecular weight is 513 g/mol. The minimum Gasteiger partial charge on any atom is -0.873 e. The molecule has 0 amide bonds. The molecule has 206 valence electrons. The van der Waals surface area contributed by atoms with E-state index in [0.29, 0.717) is 22.7 Å². The van der Waals surface area contributed by atoms with E-state index in [4.69, 9.17) is 10.6 Å². The fourth-order valence-corrected chi connectivity index (χ4v) is 4.29. The van der Waals surface area contributed by atoms with Crippen molar-refractivity contribution in [3.63, 3.8) is 0 Å². The smallest absolute Gasteiger partial charge is 0.0132 e. The summed E-state index contributed by atoms with van der Waals surface area (Å²) in [5.41, 5.74) is 4.60. The highest BCUT2D eigenvalue weighted by Crippen LogP contribution is 2.51. The topological polar surface area (TPSA) is 74.3 Å². The van der Waals surface area contributed by atoms with Crippen LogP contribution in [0.2, 0.25) is 0 Å². The first-order valence-electron chi connectivity index (χ1n) is 13.4. The van der Waals surface area contributed by atoms with Crippen molar-refractivity contribution in [3.05, 3.63) is 81.4 Å². The molecule has 0 fully saturated rings. The Morgan fingerprint density at radius 1 is 0.447 bits per heavy atom. The van der Waals surface area contributed by atoms with Gasteiger partial charge in [-0.05, 0) is 32.8 Å². The van der Waals surface area contributed by atoms with Crippen molar-refractivity contribution in [2.45, 2.75) is 105 Å². The molecule has 38 heavy (non-hydrogen) atoms. The van der Waals surface area contributed by atoms with E-state index in [1.54, 1.807) is 0 Å². The first-order chi connectivity index (χ1) is 17.2. The SMILES string of the molecule is CC(C)(C)c1cc([N-]c2ccccc2[N-]c2cc(C(C)(C)C)cc(C(C)(C)C)c2[O-])c([O-])c(C(C)(C)C)c1. The van der Waals surface area contributed by atoms with Crippen LogP contribution in [0.1, 0.15) is 105 Å². The van der Waals surface area contributed by atoms with Gasteiger partial charge in [-0.2, -0.15) is 11.4 Å². The minimum absolute atomic E-state index is 0.0745. The second-order valence-corrected chi connectivity index (χ2v) is 14.5. The Kier molecular flexibility index (Phi) is 7.64. The van der Waals surface area contributed by atoms with Crippen LogP contribution in [0.3, 0.4) is 0 Å². The summed E-state index contributed by atoms with van der Waals surface area (Å²) in [7, 11) is 0. The first kappa shape index (κ1) is 29.4. The van der Waals surface area contributed by atoms with Gasteiger partial charge in [0.2, 0.25) is 0 Å². The molecule has 0 aliphatic rings. The molecule has 0 aliphatic carbocycles. The number of nitrogens with zero attached hydrogens (tertiary/aromatic N) is 2. The number of hydrogen-bond acceptors (Lipinski definition) is 2. The normalized spacial score (nSPS) is 12.9. The fourth-order valence-electron chi connectivity index (χ4n) is 4.29. The van der Waals surface area contributed by atoms with Gasteiger partial charge < -0.3 is 20.8 Å². The number of rotatable bonds is 4. The Hall–Kier alpha value is -3.14. The molecule has 0 unspecified atom stereocenters. The van der Waals surface area contributed by atoms with Gasteiger partial charge in [-0.15, -0.1) is 22.9 Å². The van der Waals surface area contributed by atoms with Gasteiger partial charge in [0.05, 0.1) is 0 Å². The molecule has 0 heterocycles. The predicted molar refractivity (Wildman–Crippen MR) is 158 cm³/mol. The van der Waals surface area contributed by atoms with Crippen LogP contribution in [-0.2, 0) is 21.7 Å². The summed E-state index contributed by atoms with van der Waals surface area (Å²) in [5, 5.41) is 36.8. The predicted octanol–water partition coefficient (Wildman–Crippen LogP) is 9.70. The highest BCUT2D eigenvalue weighted by atomic mass is 16.3. The Morgan fingerprint density at radius 2 is 0.763 bits per heavy atom. The van der Waals surface area contributed by atoms with Crippen LogP contribution >= 0.6 is 0 Å². The summed E-state index contributed by atoms with van der Waals surface area (Å²) in [6.07, 6.45) is 0. The zero-order valence-corrected chi connectivity index (χ0v) is 25.3. The maximum atomic E-state index is 13.6. The Morgan fingerprint density at radius 3 is 1.03 bits per heavy atom. The van der Waals surface area contributed by atoms with Gasteiger partial charge in [-0.25, -0.2) is 0 Å². The van der Waals surface area contributed by atoms with Crippen molar-refractivity contribution < 1.29 is 10.2 Å². The van der Waals surface area contributed by atoms with Crippen molar-refractivity contribution in [2.24, 2.45) is 0 Å². The summed E-state index contributed by atoms with van der Waals surface area (Å²) >= 11 is 0. The Labute approximate surface area is 230 Å². The molecule has 0 N–H and O–H groups in total. The van der Waals surface area contributed by atoms with Gasteiger partial charge >= 0.3 is 0 Å². The lowest BCUT2D eigenvalue weighted by Gasteiger charge is -2.42. The molecule has 4 heteroatoms. The molecule has 0 spiro atoms. The molecule has 4 nitrogen and oxygen atoms in total. The molecule has 0 saturated carbocycles. The van der Waals surface area contributed by atoms with Gasteiger partial charge in [0, 0.05) is 0 Å². The largest absolute Gasteiger partial charge is 0.873 e. The van der Waals surface area contributed by atoms with E-state index in [1.807, 2.05) is 90.1 Å². The summed E-state index contributed by atoms with van der Waals surface area (Å²) in [4.78, 5) is 0. The molecule has 3 rings (SSSR count). The maximum Gasteiger partial charge on any atom is -0.0132 e. The summed E-state index contributed by atoms with van der Waals surface area (Å²) in [6.45, 7) is 25.1. The molecule has 0 atom stereocenters. The lowest BCUT2D eigenvalue weighted by molar-refractivity contribution is -0.269. The summed E-state index contributed by atoms with van der Waals surface area (Å²) < 4.78 is 0. The van der Waals surface area contributed by atoms with Gasteiger partial charge in [0.15, 0.2) is 0 Å². The third-order valence-corrected chi connectivity index (χ3v) is 6.85. The second-order valence-electron chi connectivity index (χ2n) is 14.5. The molecule has 3 aromatic rings. The van der Waals surface area contributed by atoms with E-state index in [2.05, 4.69) is 41.5 Å². The van der Waals surface area contributed by atoms with E-state index >= 15 is 0 Å². The molecular weight excluding hydrogens is 468 g/mol. The van der Waals surface area contributed by atoms with Gasteiger partial charge in [-0.1, -0.05) is 143 Å². The van der Waals surface area contributed by atoms with Crippen LogP contribution in [0.15, 0.2) is 48.5 Å². The monoisotopic (exact) mass is 512 g/mol. The summed E-state index contributed by atoms with van der Waals surface area (Å²) in [5.74, 6) is -0.149. The van der Waals surface area contributed by atoms with Crippen LogP contribution in [-0.4, -0.2) is 0 Å². The standard InChI is InChI=1S/C34H46N2O2/c1-31(2,3)21-17-23(33(7,8)9)29(37)27(19-21)35-25-15-13-14-16-26(25)36-28-20-22(32(4,5)6)18-24(30(28)38)34(10,11)12/h13-20,37-38H,1-12H3/q-2/p-2. The zero-order chi connectivity index (χ0) is 28.8. The van der Waals surface area contributed by atoms with Crippen molar-refractivity contribution in [1.29, 1.82) is 0 Å². The zero-order valence-electron chi connectivity index (χ0n) is 25.3. The van der Waals surface area contributed by atoms with Gasteiger partial charge in [0.1, 0.15) is 0 Å². The van der Waals surface area contributed by atoms with Crippen LogP contribution in [0.5, 0.6) is 11.5 Å². The number of para-hydroxylation sites is 2. The molecule has 0 bridgehead atoms. The maximum absolute atomic E-state index is 13.6. The molecular formula is C34H44N2O2-4. The third-order valence-electron chi connectivity index (χ3n) is 6.85. The lowest BCUT2D eigenvalue weighted by atomic mass is 9.79. The van der Waals surface area contributed by atoms with Crippen LogP contribution in [0.4, 0.5) is 22.7 Å². The van der Waals surface area contributed by atoms with E-state index in [1.165, 1.54) is 0 Å². The molecule has 0 saturated heterocycles. The number of benzene rings is 3. The minimum atomic E-state index is -0.319. The van der Waals surface area contributed by atoms with Gasteiger partial charge in [0.25, 0.3) is 0 Å². The first-order valence-corrected chi connectivity index (χ1v) is 13.4. The molecule has 0 aliphatic heterocycles. The highest BCUT2D eigenvalue weighted by molar-refractivity contribution is 5.88. The molecule has 3 aromatic carbocycles. The average Bonchev–Trinajstić information content (AvgIpc) is 2.74. The van der Waals surface area contributed by atoms with Crippen molar-refractivity contribution in [1.82, 2.24) is 0 Å². The van der Waals surface area contributed by atoms with Crippen molar-refractivity contribution in [2.75, 3.05) is 0 Å². The second kappa shape index (κ2) is 9.87. The van der Waals surface area contributed by atoms with Crippen LogP contribution in [0, 0.1) is 0 Å². The van der Waals surface area contributed by atoms with Crippen molar-refractivity contribution in [3.8, 4) is 11.5 Å². The lowest BCUT2D eigenvalue weighted by Crippen LogP contribution is -2.18. The van der Waals surface area contributed by atoms with Gasteiger partial charge in [-0.3, -0.25) is 0 Å². The number of hydrogen-bond donors (Lipinski definition) is 0. The van der Waals surface area contributed by atoms with E-state index < -0.39 is 0 Å². The molecule has 0 aromatic heterocycles. The van der Waals surface area contributed by atoms with Crippen molar-refractivity contribution >= 4 is 22.7 Å². The Balaban J connectivity index is 2.14. The van der Waals surface area contributed by atoms with Crippen LogP contribution < -0.4 is 10.2 Å². The van der Waals surface area contributed by atoms with E-state index in [9.17, 15) is 10.2 Å². The Bertz CT molecular complexity index is 1210. The van der Waals surface area contributed by atoms with E-state index in [-0.39, 0.29) is 33.2 Å². The van der Waals surface area contributed by atoms with Crippen LogP contribution in [0.25, 0.3) is 10.6 Å². The summed E-state index contributed by atoms with van der Waals surface area (Å²) in [6, 6.07) is 15.3. The molecule has 0 radical (unpaired) electrons.